The van der Waals surface area contributed by atoms with Crippen molar-refractivity contribution in [1.82, 2.24) is 34.4 Å². The summed E-state index contributed by atoms with van der Waals surface area (Å²) >= 11 is 6.32. The van der Waals surface area contributed by atoms with Crippen molar-refractivity contribution in [3.8, 4) is 34.1 Å². The second kappa shape index (κ2) is 10.4. The predicted molar refractivity (Wildman–Crippen MR) is 148 cm³/mol. The Labute approximate surface area is 230 Å². The van der Waals surface area contributed by atoms with E-state index in [2.05, 4.69) is 45.8 Å². The lowest BCUT2D eigenvalue weighted by Crippen LogP contribution is -2.46. The van der Waals surface area contributed by atoms with Crippen molar-refractivity contribution in [3.05, 3.63) is 64.0 Å². The molecule has 0 aliphatic carbocycles. The molecule has 5 rings (SSSR count). The molecule has 3 aromatic heterocycles. The first kappa shape index (κ1) is 26.8. The van der Waals surface area contributed by atoms with Crippen LogP contribution in [0.4, 0.5) is 10.2 Å². The van der Waals surface area contributed by atoms with E-state index in [1.807, 2.05) is 10.9 Å². The highest BCUT2D eigenvalue weighted by Gasteiger charge is 2.28. The Hall–Kier alpha value is -3.83. The molecule has 0 radical (unpaired) electrons. The van der Waals surface area contributed by atoms with E-state index in [-0.39, 0.29) is 39.2 Å². The number of halogens is 2. The van der Waals surface area contributed by atoms with Crippen molar-refractivity contribution in [1.29, 1.82) is 0 Å². The van der Waals surface area contributed by atoms with Gasteiger partial charge < -0.3 is 10.5 Å². The molecule has 0 bridgehead atoms. The fourth-order valence-electron chi connectivity index (χ4n) is 4.77. The Bertz CT molecular complexity index is 1570. The zero-order chi connectivity index (χ0) is 27.9. The van der Waals surface area contributed by atoms with Crippen LogP contribution in [0.3, 0.4) is 0 Å². The fraction of sp³-hybridized carbons (Fsp3) is 0.370. The fourth-order valence-corrected chi connectivity index (χ4v) is 5.08. The lowest BCUT2D eigenvalue weighted by atomic mass is 9.98. The minimum Gasteiger partial charge on any atom is -0.495 e. The number of ether oxygens (including phenoxy) is 1. The number of benzene rings is 1. The van der Waals surface area contributed by atoms with Crippen LogP contribution in [-0.2, 0) is 0 Å². The molecule has 12 heteroatoms. The second-order valence-electron chi connectivity index (χ2n) is 10.5. The summed E-state index contributed by atoms with van der Waals surface area (Å²) in [6, 6.07) is 5.53. The first-order valence-electron chi connectivity index (χ1n) is 12.6. The number of nitrogens with two attached hydrogens (primary N) is 1. The van der Waals surface area contributed by atoms with Crippen molar-refractivity contribution < 1.29 is 9.13 Å². The van der Waals surface area contributed by atoms with E-state index >= 15 is 0 Å². The number of nitrogen functional groups attached to an aromatic ring is 1. The Morgan fingerprint density at radius 3 is 2.54 bits per heavy atom. The number of aromatic nitrogens is 6. The van der Waals surface area contributed by atoms with Gasteiger partial charge in [-0.25, -0.2) is 14.4 Å². The highest BCUT2D eigenvalue weighted by molar-refractivity contribution is 6.33. The average molecular weight is 553 g/mol. The molecule has 1 aromatic carbocycles. The lowest BCUT2D eigenvalue weighted by Gasteiger charge is -2.40. The number of likely N-dealkylation sites (tertiary alicyclic amines) is 1. The summed E-state index contributed by atoms with van der Waals surface area (Å²) in [5.41, 5.74) is 7.27. The van der Waals surface area contributed by atoms with Gasteiger partial charge in [-0.15, -0.1) is 0 Å². The van der Waals surface area contributed by atoms with Gasteiger partial charge in [0.1, 0.15) is 27.8 Å². The molecule has 0 spiro atoms. The summed E-state index contributed by atoms with van der Waals surface area (Å²) < 4.78 is 22.8. The van der Waals surface area contributed by atoms with Gasteiger partial charge in [-0.3, -0.25) is 14.4 Å². The summed E-state index contributed by atoms with van der Waals surface area (Å²) in [6.45, 7) is 8.72. The third kappa shape index (κ3) is 5.24. The number of methoxy groups -OCH3 is 1. The van der Waals surface area contributed by atoms with Crippen molar-refractivity contribution >= 4 is 17.4 Å². The van der Waals surface area contributed by atoms with Gasteiger partial charge in [0.25, 0.3) is 5.56 Å². The number of piperidine rings is 1. The Morgan fingerprint density at radius 2 is 1.85 bits per heavy atom. The topological polar surface area (TPSA) is 117 Å². The molecule has 1 aliphatic heterocycles. The Morgan fingerprint density at radius 1 is 1.10 bits per heavy atom. The first-order valence-corrected chi connectivity index (χ1v) is 13.0. The molecule has 4 heterocycles. The predicted octanol–water partition coefficient (Wildman–Crippen LogP) is 4.37. The van der Waals surface area contributed by atoms with Crippen molar-refractivity contribution in [2.45, 2.75) is 45.2 Å². The standard InChI is InChI=1S/C27H30ClFN8O2/c1-27(2,3)35-11-9-17(10-12-35)36-15-16(13-32-36)20-14-31-26(30)24(33-20)19-6-8-22(38)37(34-19)25-18(29)5-7-21(39-4)23(25)28/h5-8,13-15,17H,9-12H2,1-4H3,(H2,30,31). The SMILES string of the molecule is COc1ccc(F)c(-n2nc(-c3nc(-c4cnn(C5CCN(C(C)(C)C)CC5)c4)cnc3N)ccc2=O)c1Cl. The quantitative estimate of drug-likeness (QED) is 0.388. The van der Waals surface area contributed by atoms with Gasteiger partial charge in [0, 0.05) is 36.5 Å². The van der Waals surface area contributed by atoms with E-state index in [4.69, 9.17) is 22.1 Å². The van der Waals surface area contributed by atoms with E-state index in [0.717, 1.165) is 42.2 Å². The lowest BCUT2D eigenvalue weighted by molar-refractivity contribution is 0.0870. The number of hydrogen-bond acceptors (Lipinski definition) is 8. The zero-order valence-corrected chi connectivity index (χ0v) is 23.0. The van der Waals surface area contributed by atoms with E-state index < -0.39 is 11.4 Å². The molecule has 1 saturated heterocycles. The first-order chi connectivity index (χ1) is 18.6. The molecular weight excluding hydrogens is 523 g/mol. The summed E-state index contributed by atoms with van der Waals surface area (Å²) in [6.07, 6.45) is 7.29. The van der Waals surface area contributed by atoms with Crippen LogP contribution in [0.25, 0.3) is 28.3 Å². The van der Waals surface area contributed by atoms with Crippen LogP contribution in [0.15, 0.2) is 47.7 Å². The van der Waals surface area contributed by atoms with Crippen LogP contribution in [0.5, 0.6) is 5.75 Å². The van der Waals surface area contributed by atoms with Gasteiger partial charge in [0.2, 0.25) is 0 Å². The maximum Gasteiger partial charge on any atom is 0.271 e. The number of hydrogen-bond donors (Lipinski definition) is 1. The van der Waals surface area contributed by atoms with Crippen molar-refractivity contribution in [2.24, 2.45) is 0 Å². The van der Waals surface area contributed by atoms with Crippen molar-refractivity contribution in [2.75, 3.05) is 25.9 Å². The molecular formula is C27H30ClFN8O2. The highest BCUT2D eigenvalue weighted by atomic mass is 35.5. The largest absolute Gasteiger partial charge is 0.495 e. The minimum absolute atomic E-state index is 0.0854. The molecule has 204 valence electrons. The number of anilines is 1. The molecule has 4 aromatic rings. The molecule has 10 nitrogen and oxygen atoms in total. The van der Waals surface area contributed by atoms with Crippen LogP contribution >= 0.6 is 11.6 Å². The highest BCUT2D eigenvalue weighted by Crippen LogP contribution is 2.33. The maximum atomic E-state index is 14.8. The molecule has 1 fully saturated rings. The smallest absolute Gasteiger partial charge is 0.271 e. The number of nitrogens with zero attached hydrogens (tertiary/aromatic N) is 7. The number of rotatable bonds is 5. The molecule has 2 N–H and O–H groups in total. The van der Waals surface area contributed by atoms with Crippen molar-refractivity contribution in [3.63, 3.8) is 0 Å². The molecule has 0 amide bonds. The monoisotopic (exact) mass is 552 g/mol. The molecule has 0 atom stereocenters. The zero-order valence-electron chi connectivity index (χ0n) is 22.2. The van der Waals surface area contributed by atoms with Crippen LogP contribution in [0, 0.1) is 5.82 Å². The van der Waals surface area contributed by atoms with Gasteiger partial charge in [0.15, 0.2) is 11.6 Å². The minimum atomic E-state index is -0.735. The van der Waals surface area contributed by atoms with Gasteiger partial charge >= 0.3 is 0 Å². The molecule has 0 unspecified atom stereocenters. The van der Waals surface area contributed by atoms with Gasteiger partial charge in [-0.1, -0.05) is 11.6 Å². The summed E-state index contributed by atoms with van der Waals surface area (Å²) in [5.74, 6) is -0.425. The van der Waals surface area contributed by atoms with Gasteiger partial charge in [0.05, 0.1) is 31.2 Å². The van der Waals surface area contributed by atoms with Gasteiger partial charge in [-0.2, -0.15) is 14.9 Å². The van der Waals surface area contributed by atoms with Gasteiger partial charge in [-0.05, 0) is 51.8 Å². The Balaban J connectivity index is 1.46. The van der Waals surface area contributed by atoms with Crippen LogP contribution in [0.2, 0.25) is 5.02 Å². The summed E-state index contributed by atoms with van der Waals surface area (Å²) in [5, 5.41) is 8.84. The molecule has 39 heavy (non-hydrogen) atoms. The van der Waals surface area contributed by atoms with Crippen LogP contribution < -0.4 is 16.0 Å². The van der Waals surface area contributed by atoms with Crippen LogP contribution in [0.1, 0.15) is 39.7 Å². The summed E-state index contributed by atoms with van der Waals surface area (Å²) in [4.78, 5) is 24.1. The third-order valence-corrected chi connectivity index (χ3v) is 7.36. The molecule has 0 saturated carbocycles. The summed E-state index contributed by atoms with van der Waals surface area (Å²) in [7, 11) is 1.40. The second-order valence-corrected chi connectivity index (χ2v) is 10.8. The Kier molecular flexibility index (Phi) is 7.13. The van der Waals surface area contributed by atoms with E-state index in [9.17, 15) is 9.18 Å². The van der Waals surface area contributed by atoms with E-state index in [0.29, 0.717) is 11.7 Å². The average Bonchev–Trinajstić information content (AvgIpc) is 3.40. The maximum absolute atomic E-state index is 14.8. The molecule has 1 aliphatic rings. The third-order valence-electron chi connectivity index (χ3n) is 6.99. The van der Waals surface area contributed by atoms with E-state index in [1.165, 1.54) is 25.3 Å². The van der Waals surface area contributed by atoms with E-state index in [1.54, 1.807) is 12.4 Å². The van der Waals surface area contributed by atoms with Crippen LogP contribution in [-0.4, -0.2) is 60.2 Å². The normalized spacial score (nSPS) is 15.0.